The van der Waals surface area contributed by atoms with Gasteiger partial charge >= 0.3 is 17.9 Å². The highest BCUT2D eigenvalue weighted by Gasteiger charge is 2.51. The third-order valence-corrected chi connectivity index (χ3v) is 7.36. The molecule has 3 fully saturated rings. The van der Waals surface area contributed by atoms with Gasteiger partial charge in [0.05, 0.1) is 0 Å². The summed E-state index contributed by atoms with van der Waals surface area (Å²) in [6.45, 7) is 4.25. The Kier molecular flexibility index (Phi) is 16.7. The number of esters is 3. The van der Waals surface area contributed by atoms with Crippen molar-refractivity contribution in [1.82, 2.24) is 0 Å². The van der Waals surface area contributed by atoms with Crippen molar-refractivity contribution < 1.29 is 104 Å². The van der Waals surface area contributed by atoms with Crippen LogP contribution in [0, 0.1) is 0 Å². The van der Waals surface area contributed by atoms with Crippen LogP contribution in [0.5, 0.6) is 0 Å². The van der Waals surface area contributed by atoms with Crippen LogP contribution in [0.2, 0.25) is 0 Å². The van der Waals surface area contributed by atoms with E-state index in [0.717, 1.165) is 6.92 Å². The first kappa shape index (κ1) is 43.0. The SMILES string of the molecule is CC(=O)C(O)[C@@H](O)[C@@H]1OC(=O)[C@H](O)[C@H]1O.CCC(=O)C(O)[C@@H](O)[C@@H]1OC(=O)[C@H](O)[C@H]1O.CCCC(=O)C(O)[C@@H](O)[C@@H]1OC(=O)[C@H](O)[C@H]1O. The predicted molar refractivity (Wildman–Crippen MR) is 148 cm³/mol. The lowest BCUT2D eigenvalue weighted by atomic mass is 9.97. The van der Waals surface area contributed by atoms with Gasteiger partial charge in [-0.1, -0.05) is 13.8 Å². The summed E-state index contributed by atoms with van der Waals surface area (Å²) in [7, 11) is 0. The molecule has 0 spiro atoms. The highest BCUT2D eigenvalue weighted by molar-refractivity contribution is 5.85. The van der Waals surface area contributed by atoms with Gasteiger partial charge in [0.25, 0.3) is 0 Å². The summed E-state index contributed by atoms with van der Waals surface area (Å²) < 4.78 is 13.4. The van der Waals surface area contributed by atoms with Gasteiger partial charge in [-0.3, -0.25) is 14.4 Å². The van der Waals surface area contributed by atoms with Crippen molar-refractivity contribution in [3.8, 4) is 0 Å². The summed E-state index contributed by atoms with van der Waals surface area (Å²) >= 11 is 0. The molecule has 276 valence electrons. The van der Waals surface area contributed by atoms with Crippen LogP contribution in [0.15, 0.2) is 0 Å². The molecule has 3 aliphatic heterocycles. The maximum absolute atomic E-state index is 11.3. The Morgan fingerprint density at radius 1 is 0.562 bits per heavy atom. The number of carbonyl (C=O) groups is 6. The molecule has 0 aromatic heterocycles. The Bertz CT molecular complexity index is 1140. The molecule has 21 heteroatoms. The van der Waals surface area contributed by atoms with Crippen LogP contribution in [-0.2, 0) is 43.0 Å². The number of hydrogen-bond donors (Lipinski definition) is 12. The van der Waals surface area contributed by atoms with E-state index >= 15 is 0 Å². The van der Waals surface area contributed by atoms with Crippen LogP contribution >= 0.6 is 0 Å². The van der Waals surface area contributed by atoms with Gasteiger partial charge in [0.2, 0.25) is 0 Å². The van der Waals surface area contributed by atoms with Crippen LogP contribution in [0.4, 0.5) is 0 Å². The van der Waals surface area contributed by atoms with Gasteiger partial charge in [0, 0.05) is 12.8 Å². The van der Waals surface area contributed by atoms with Gasteiger partial charge in [-0.05, 0) is 13.3 Å². The lowest BCUT2D eigenvalue weighted by molar-refractivity contribution is -0.157. The maximum atomic E-state index is 11.3. The second-order valence-corrected chi connectivity index (χ2v) is 11.0. The van der Waals surface area contributed by atoms with Crippen molar-refractivity contribution in [2.24, 2.45) is 0 Å². The van der Waals surface area contributed by atoms with Gasteiger partial charge < -0.3 is 75.5 Å². The Labute approximate surface area is 271 Å². The highest BCUT2D eigenvalue weighted by Crippen LogP contribution is 2.23. The fourth-order valence-corrected chi connectivity index (χ4v) is 4.36. The number of cyclic esters (lactones) is 3. The molecule has 0 aromatic rings. The van der Waals surface area contributed by atoms with E-state index in [4.69, 9.17) is 20.4 Å². The number of ketones is 3. The third kappa shape index (κ3) is 10.2. The average Bonchev–Trinajstić information content (AvgIpc) is 3.58. The quantitative estimate of drug-likeness (QED) is 0.0663. The van der Waals surface area contributed by atoms with Gasteiger partial charge in [-0.25, -0.2) is 14.4 Å². The molecule has 48 heavy (non-hydrogen) atoms. The van der Waals surface area contributed by atoms with E-state index < -0.39 is 127 Å². The minimum atomic E-state index is -1.76. The first-order valence-electron chi connectivity index (χ1n) is 14.5. The molecule has 21 nitrogen and oxygen atoms in total. The van der Waals surface area contributed by atoms with Gasteiger partial charge in [0.1, 0.15) is 54.9 Å². The van der Waals surface area contributed by atoms with Crippen LogP contribution in [0.25, 0.3) is 0 Å². The summed E-state index contributed by atoms with van der Waals surface area (Å²) in [4.78, 5) is 65.7. The van der Waals surface area contributed by atoms with Crippen molar-refractivity contribution in [3.63, 3.8) is 0 Å². The lowest BCUT2D eigenvalue weighted by Crippen LogP contribution is -2.47. The summed E-state index contributed by atoms with van der Waals surface area (Å²) in [5.41, 5.74) is 0. The molecule has 0 aromatic carbocycles. The van der Waals surface area contributed by atoms with E-state index in [0.29, 0.717) is 6.42 Å². The number of hydrogen-bond acceptors (Lipinski definition) is 21. The number of rotatable bonds is 12. The standard InChI is InChI=1S/C10H16O7.C9H14O7.C8H12O7/c1-2-3-4(11)5(12)6(13)9-7(14)8(15)10(16)17-9;1-2-3(10)4(11)5(12)8-6(13)7(14)9(15)16-8;1-2(9)3(10)4(11)7-5(12)6(13)8(14)15-7/h5-9,12-15H,2-3H2,1H3;4-8,11-14H,2H2,1H3;3-7,10-13H,1H3/t5?,6-,7-,8-,9+;4?,5-,6-,7-,8+;3?,4-,5-,6-,7+/m111/s1. The molecule has 3 saturated heterocycles. The number of Topliss-reactive ketones (excluding diaryl/α,β-unsaturated/α-hetero) is 3. The second-order valence-electron chi connectivity index (χ2n) is 11.0. The topological polar surface area (TPSA) is 373 Å². The Hall–Kier alpha value is -3.06. The number of aliphatic hydroxyl groups is 12. The largest absolute Gasteiger partial charge is 0.455 e. The van der Waals surface area contributed by atoms with Crippen molar-refractivity contribution in [2.45, 2.75) is 132 Å². The van der Waals surface area contributed by atoms with Gasteiger partial charge in [-0.15, -0.1) is 0 Å². The highest BCUT2D eigenvalue weighted by atomic mass is 16.6. The smallest absolute Gasteiger partial charge is 0.338 e. The Morgan fingerprint density at radius 3 is 1.08 bits per heavy atom. The molecular formula is C27H42O21. The predicted octanol–water partition coefficient (Wildman–Crippen LogP) is -8.00. The summed E-state index contributed by atoms with van der Waals surface area (Å²) in [5, 5.41) is 112. The molecule has 0 bridgehead atoms. The molecule has 15 atom stereocenters. The molecule has 3 unspecified atom stereocenters. The van der Waals surface area contributed by atoms with E-state index in [1.807, 2.05) is 0 Å². The van der Waals surface area contributed by atoms with E-state index in [2.05, 4.69) is 14.2 Å². The molecule has 3 rings (SSSR count). The fourth-order valence-electron chi connectivity index (χ4n) is 4.36. The van der Waals surface area contributed by atoms with Crippen molar-refractivity contribution >= 4 is 35.3 Å². The van der Waals surface area contributed by atoms with Crippen molar-refractivity contribution in [1.29, 1.82) is 0 Å². The molecule has 0 radical (unpaired) electrons. The minimum Gasteiger partial charge on any atom is -0.455 e. The van der Waals surface area contributed by atoms with Crippen LogP contribution < -0.4 is 0 Å². The summed E-state index contributed by atoms with van der Waals surface area (Å²) in [6, 6.07) is 0. The van der Waals surface area contributed by atoms with Gasteiger partial charge in [0.15, 0.2) is 54.0 Å². The van der Waals surface area contributed by atoms with Crippen molar-refractivity contribution in [3.05, 3.63) is 0 Å². The van der Waals surface area contributed by atoms with Crippen LogP contribution in [0.1, 0.15) is 40.0 Å². The normalized spacial score (nSPS) is 33.3. The number of ether oxygens (including phenoxy) is 3. The zero-order valence-corrected chi connectivity index (χ0v) is 25.8. The third-order valence-electron chi connectivity index (χ3n) is 7.36. The monoisotopic (exact) mass is 702 g/mol. The molecule has 12 N–H and O–H groups in total. The summed E-state index contributed by atoms with van der Waals surface area (Å²) in [5.74, 6) is -5.25. The van der Waals surface area contributed by atoms with Gasteiger partial charge in [-0.2, -0.15) is 0 Å². The lowest BCUT2D eigenvalue weighted by Gasteiger charge is -2.23. The Morgan fingerprint density at radius 2 is 0.854 bits per heavy atom. The minimum absolute atomic E-state index is 0.00244. The molecule has 0 amide bonds. The fraction of sp³-hybridized carbons (Fsp3) is 0.778. The summed E-state index contributed by atoms with van der Waals surface area (Å²) in [6.07, 6.45) is -24.6. The number of aliphatic hydroxyl groups excluding tert-OH is 12. The molecule has 0 saturated carbocycles. The zero-order chi connectivity index (χ0) is 37.4. The molecule has 0 aliphatic carbocycles. The first-order valence-corrected chi connectivity index (χ1v) is 14.5. The average molecular weight is 703 g/mol. The second kappa shape index (κ2) is 18.6. The van der Waals surface area contributed by atoms with Crippen LogP contribution in [-0.4, -0.2) is 188 Å². The Balaban J connectivity index is 0.000000361. The van der Waals surface area contributed by atoms with E-state index in [1.165, 1.54) is 6.92 Å². The van der Waals surface area contributed by atoms with E-state index in [9.17, 15) is 69.6 Å². The zero-order valence-electron chi connectivity index (χ0n) is 25.8. The molecule has 3 aliphatic rings. The maximum Gasteiger partial charge on any atom is 0.338 e. The molecule has 3 heterocycles. The van der Waals surface area contributed by atoms with E-state index in [-0.39, 0.29) is 12.8 Å². The van der Waals surface area contributed by atoms with Crippen LogP contribution in [0.3, 0.4) is 0 Å². The first-order chi connectivity index (χ1) is 22.1. The molecular weight excluding hydrogens is 660 g/mol. The van der Waals surface area contributed by atoms with Crippen molar-refractivity contribution in [2.75, 3.05) is 0 Å². The number of carbonyl (C=O) groups excluding carboxylic acids is 6. The van der Waals surface area contributed by atoms with E-state index in [1.54, 1.807) is 6.92 Å².